The highest BCUT2D eigenvalue weighted by Crippen LogP contribution is 2.10. The molecule has 1 rings (SSSR count). The first-order valence-corrected chi connectivity index (χ1v) is 5.15. The Morgan fingerprint density at radius 2 is 1.76 bits per heavy atom. The first-order chi connectivity index (χ1) is 7.38. The number of phenols is 1. The second kappa shape index (κ2) is 6.80. The Morgan fingerprint density at radius 1 is 1.24 bits per heavy atom. The Bertz CT molecular complexity index is 357. The average Bonchev–Trinajstić information content (AvgIpc) is 2.16. The SMILES string of the molecule is C[N+](C)(C)CCOC(=O)c1ccc(O)cc1.[I-]. The van der Waals surface area contributed by atoms with E-state index in [2.05, 4.69) is 0 Å². The summed E-state index contributed by atoms with van der Waals surface area (Å²) in [6.45, 7) is 1.16. The zero-order valence-corrected chi connectivity index (χ0v) is 12.5. The number of hydrogen-bond donors (Lipinski definition) is 1. The normalized spacial score (nSPS) is 10.5. The van der Waals surface area contributed by atoms with Crippen LogP contribution in [0.1, 0.15) is 10.4 Å². The van der Waals surface area contributed by atoms with Crippen LogP contribution in [0.15, 0.2) is 24.3 Å². The fraction of sp³-hybridized carbons (Fsp3) is 0.417. The van der Waals surface area contributed by atoms with Gasteiger partial charge in [-0.15, -0.1) is 0 Å². The van der Waals surface area contributed by atoms with Crippen molar-refractivity contribution in [2.75, 3.05) is 34.3 Å². The molecule has 1 aromatic carbocycles. The van der Waals surface area contributed by atoms with E-state index in [0.717, 1.165) is 11.0 Å². The molecule has 0 unspecified atom stereocenters. The number of carbonyl (C=O) groups is 1. The van der Waals surface area contributed by atoms with Crippen LogP contribution in [0, 0.1) is 0 Å². The van der Waals surface area contributed by atoms with Gasteiger partial charge in [-0.05, 0) is 24.3 Å². The Labute approximate surface area is 119 Å². The van der Waals surface area contributed by atoms with Crippen LogP contribution in [0.25, 0.3) is 0 Å². The van der Waals surface area contributed by atoms with Crippen molar-refractivity contribution in [3.8, 4) is 5.75 Å². The van der Waals surface area contributed by atoms with Gasteiger partial charge in [0.05, 0.1) is 26.7 Å². The van der Waals surface area contributed by atoms with Crippen molar-refractivity contribution in [1.29, 1.82) is 0 Å². The summed E-state index contributed by atoms with van der Waals surface area (Å²) in [6, 6.07) is 6.03. The van der Waals surface area contributed by atoms with Crippen LogP contribution < -0.4 is 24.0 Å². The molecule has 0 aliphatic rings. The summed E-state index contributed by atoms with van der Waals surface area (Å²) >= 11 is 0. The van der Waals surface area contributed by atoms with Gasteiger partial charge in [0, 0.05) is 0 Å². The summed E-state index contributed by atoms with van der Waals surface area (Å²) < 4.78 is 5.86. The van der Waals surface area contributed by atoms with E-state index in [9.17, 15) is 4.79 Å². The van der Waals surface area contributed by atoms with Gasteiger partial charge in [0.2, 0.25) is 0 Å². The van der Waals surface area contributed by atoms with Crippen molar-refractivity contribution in [1.82, 2.24) is 0 Å². The third-order valence-electron chi connectivity index (χ3n) is 2.10. The fourth-order valence-electron chi connectivity index (χ4n) is 1.09. The molecule has 17 heavy (non-hydrogen) atoms. The first kappa shape index (κ1) is 16.2. The molecule has 0 atom stereocenters. The molecule has 1 aromatic rings. The zero-order valence-electron chi connectivity index (χ0n) is 10.3. The summed E-state index contributed by atoms with van der Waals surface area (Å²) in [6.07, 6.45) is 0. The maximum Gasteiger partial charge on any atom is 0.338 e. The van der Waals surface area contributed by atoms with Gasteiger partial charge in [-0.25, -0.2) is 4.79 Å². The van der Waals surface area contributed by atoms with E-state index in [1.54, 1.807) is 12.1 Å². The monoisotopic (exact) mass is 351 g/mol. The number of hydrogen-bond acceptors (Lipinski definition) is 3. The number of ether oxygens (including phenoxy) is 1. The Balaban J connectivity index is 0.00000256. The second-order valence-electron chi connectivity index (χ2n) is 4.70. The van der Waals surface area contributed by atoms with Crippen molar-refractivity contribution in [3.63, 3.8) is 0 Å². The molecular formula is C12H18INO3. The van der Waals surface area contributed by atoms with E-state index in [4.69, 9.17) is 9.84 Å². The number of phenolic OH excluding ortho intramolecular Hbond substituents is 1. The van der Waals surface area contributed by atoms with Gasteiger partial charge in [-0.3, -0.25) is 0 Å². The highest BCUT2D eigenvalue weighted by atomic mass is 127. The highest BCUT2D eigenvalue weighted by Gasteiger charge is 2.10. The van der Waals surface area contributed by atoms with Crippen molar-refractivity contribution >= 4 is 5.97 Å². The fourth-order valence-corrected chi connectivity index (χ4v) is 1.09. The number of aromatic hydroxyl groups is 1. The quantitative estimate of drug-likeness (QED) is 0.398. The lowest BCUT2D eigenvalue weighted by Gasteiger charge is -2.23. The predicted octanol–water partition coefficient (Wildman–Crippen LogP) is -1.74. The number of carbonyl (C=O) groups excluding carboxylic acids is 1. The average molecular weight is 351 g/mol. The molecule has 0 saturated carbocycles. The summed E-state index contributed by atoms with van der Waals surface area (Å²) in [5, 5.41) is 9.07. The Kier molecular flexibility index (Phi) is 6.48. The lowest BCUT2D eigenvalue weighted by Crippen LogP contribution is -3.00. The molecule has 0 aromatic heterocycles. The number of rotatable bonds is 4. The van der Waals surface area contributed by atoms with Gasteiger partial charge in [0.1, 0.15) is 18.9 Å². The lowest BCUT2D eigenvalue weighted by atomic mass is 10.2. The molecule has 96 valence electrons. The highest BCUT2D eigenvalue weighted by molar-refractivity contribution is 5.89. The van der Waals surface area contributed by atoms with Crippen molar-refractivity contribution in [2.24, 2.45) is 0 Å². The molecule has 0 fully saturated rings. The number of esters is 1. The van der Waals surface area contributed by atoms with E-state index in [0.29, 0.717) is 12.2 Å². The standard InChI is InChI=1S/C12H17NO3.HI/c1-13(2,3)8-9-16-12(15)10-4-6-11(14)7-5-10;/h4-7H,8-9H2,1-3H3;1H. The van der Waals surface area contributed by atoms with Crippen LogP contribution in [0.5, 0.6) is 5.75 Å². The predicted molar refractivity (Wildman–Crippen MR) is 61.3 cm³/mol. The molecule has 1 N–H and O–H groups in total. The maximum absolute atomic E-state index is 11.5. The summed E-state index contributed by atoms with van der Waals surface area (Å²) in [7, 11) is 6.11. The van der Waals surface area contributed by atoms with E-state index in [1.807, 2.05) is 21.1 Å². The van der Waals surface area contributed by atoms with Crippen LogP contribution in [0.3, 0.4) is 0 Å². The molecule has 0 aliphatic heterocycles. The number of benzene rings is 1. The van der Waals surface area contributed by atoms with Crippen molar-refractivity contribution in [2.45, 2.75) is 0 Å². The van der Waals surface area contributed by atoms with Gasteiger partial charge in [0.15, 0.2) is 0 Å². The molecule has 5 heteroatoms. The number of nitrogens with zero attached hydrogens (tertiary/aromatic N) is 1. The van der Waals surface area contributed by atoms with E-state index in [-0.39, 0.29) is 35.7 Å². The topological polar surface area (TPSA) is 46.5 Å². The molecule has 0 radical (unpaired) electrons. The number of quaternary nitrogens is 1. The molecule has 0 heterocycles. The molecule has 0 amide bonds. The third kappa shape index (κ3) is 6.48. The zero-order chi connectivity index (χ0) is 12.2. The van der Waals surface area contributed by atoms with Gasteiger partial charge in [0.25, 0.3) is 0 Å². The maximum atomic E-state index is 11.5. The minimum atomic E-state index is -0.353. The largest absolute Gasteiger partial charge is 1.00 e. The smallest absolute Gasteiger partial charge is 0.338 e. The Morgan fingerprint density at radius 3 is 2.24 bits per heavy atom. The number of likely N-dealkylation sites (N-methyl/N-ethyl adjacent to an activating group) is 1. The van der Waals surface area contributed by atoms with E-state index >= 15 is 0 Å². The summed E-state index contributed by atoms with van der Waals surface area (Å²) in [4.78, 5) is 11.5. The summed E-state index contributed by atoms with van der Waals surface area (Å²) in [5.41, 5.74) is 0.458. The van der Waals surface area contributed by atoms with Crippen LogP contribution in [0.2, 0.25) is 0 Å². The molecule has 0 saturated heterocycles. The van der Waals surface area contributed by atoms with Crippen LogP contribution >= 0.6 is 0 Å². The first-order valence-electron chi connectivity index (χ1n) is 5.15. The van der Waals surface area contributed by atoms with Crippen molar-refractivity contribution in [3.05, 3.63) is 29.8 Å². The Hall–Kier alpha value is -0.820. The number of halogens is 1. The van der Waals surface area contributed by atoms with E-state index < -0.39 is 0 Å². The van der Waals surface area contributed by atoms with Crippen molar-refractivity contribution < 1.29 is 43.1 Å². The van der Waals surface area contributed by atoms with Gasteiger partial charge < -0.3 is 38.3 Å². The van der Waals surface area contributed by atoms with Crippen LogP contribution in [-0.2, 0) is 4.74 Å². The minimum absolute atomic E-state index is 0. The molecule has 4 nitrogen and oxygen atoms in total. The molecule has 0 aliphatic carbocycles. The second-order valence-corrected chi connectivity index (χ2v) is 4.70. The van der Waals surface area contributed by atoms with E-state index in [1.165, 1.54) is 12.1 Å². The lowest BCUT2D eigenvalue weighted by molar-refractivity contribution is -0.870. The third-order valence-corrected chi connectivity index (χ3v) is 2.10. The summed E-state index contributed by atoms with van der Waals surface area (Å²) in [5.74, 6) is -0.212. The van der Waals surface area contributed by atoms with Gasteiger partial charge >= 0.3 is 5.97 Å². The van der Waals surface area contributed by atoms with Crippen LogP contribution in [-0.4, -0.2) is 49.9 Å². The molecule has 0 spiro atoms. The van der Waals surface area contributed by atoms with Crippen LogP contribution in [0.4, 0.5) is 0 Å². The molecular weight excluding hydrogens is 333 g/mol. The van der Waals surface area contributed by atoms with Gasteiger partial charge in [-0.2, -0.15) is 0 Å². The minimum Gasteiger partial charge on any atom is -1.00 e. The molecule has 0 bridgehead atoms. The van der Waals surface area contributed by atoms with Gasteiger partial charge in [-0.1, -0.05) is 0 Å².